The zero-order valence-electron chi connectivity index (χ0n) is 15.9. The second-order valence-corrected chi connectivity index (χ2v) is 39.6. The van der Waals surface area contributed by atoms with Crippen LogP contribution in [0.5, 0.6) is 0 Å². The van der Waals surface area contributed by atoms with Gasteiger partial charge in [-0.1, -0.05) is 0 Å². The number of hydrogen-bond acceptors (Lipinski definition) is 1. The van der Waals surface area contributed by atoms with Crippen LogP contribution in [0.3, 0.4) is 0 Å². The van der Waals surface area contributed by atoms with Crippen LogP contribution in [-0.2, 0) is 31.7 Å². The summed E-state index contributed by atoms with van der Waals surface area (Å²) in [7, 11) is -0.0683. The van der Waals surface area contributed by atoms with Crippen LogP contribution in [0.4, 0.5) is 0 Å². The summed E-state index contributed by atoms with van der Waals surface area (Å²) in [6.07, 6.45) is 0. The summed E-state index contributed by atoms with van der Waals surface area (Å²) in [6.45, 7) is -1.97. The molecule has 10 aliphatic heterocycles. The predicted octanol–water partition coefficient (Wildman–Crippen LogP) is 5.50. The van der Waals surface area contributed by atoms with E-state index in [1.54, 1.807) is 10.6 Å². The molecule has 29 heavy (non-hydrogen) atoms. The maximum absolute atomic E-state index is 9.00. The van der Waals surface area contributed by atoms with Gasteiger partial charge in [0.1, 0.15) is 0 Å². The van der Waals surface area contributed by atoms with E-state index in [0.29, 0.717) is 0 Å². The van der Waals surface area contributed by atoms with Crippen molar-refractivity contribution < 1.29 is 36.8 Å². The second kappa shape index (κ2) is 1.95. The molecule has 5 heteroatoms. The minimum absolute atomic E-state index is 0. The maximum atomic E-state index is 9.00. The Morgan fingerprint density at radius 2 is 1.14 bits per heavy atom. The topological polar surface area (TPSA) is 37.3 Å². The number of rotatable bonds is 3. The monoisotopic (exact) mass is 536 g/mol. The van der Waals surface area contributed by atoms with Crippen LogP contribution in [0.2, 0.25) is 43.3 Å². The van der Waals surface area contributed by atoms with E-state index >= 15 is 0 Å². The van der Waals surface area contributed by atoms with Crippen molar-refractivity contribution in [2.24, 2.45) is 0 Å². The molecule has 12 rings (SSSR count). The molecular formula is C24H23FeO2PPd. The van der Waals surface area contributed by atoms with Gasteiger partial charge in [-0.15, -0.1) is 0 Å². The van der Waals surface area contributed by atoms with Gasteiger partial charge in [0.2, 0.25) is 0 Å². The Hall–Kier alpha value is -0.478. The van der Waals surface area contributed by atoms with Crippen molar-refractivity contribution in [1.82, 2.24) is 0 Å². The van der Waals surface area contributed by atoms with Crippen molar-refractivity contribution in [3.8, 4) is 0 Å². The standard InChI is InChI=1S/C17H14P.C5H5.C2H4O2.Fe.Pd/c1-3-9-15(10-4-1)18(17-13-7-8-14-17)16-11-5-2-6-12-16;1-2-4-5-3-1;1-2(3)4;;/h1-14H;1-5H;1H3,(H,3,4);;. The van der Waals surface area contributed by atoms with Gasteiger partial charge in [-0.25, -0.2) is 0 Å². The molecule has 4 unspecified atom stereocenters. The van der Waals surface area contributed by atoms with Gasteiger partial charge < -0.3 is 5.11 Å². The van der Waals surface area contributed by atoms with Gasteiger partial charge in [0.05, 0.1) is 0 Å². The fraction of sp³-hybridized carbons (Fsp3) is 0.458. The quantitative estimate of drug-likeness (QED) is 0.415. The van der Waals surface area contributed by atoms with Crippen molar-refractivity contribution >= 4 is 24.5 Å². The molecule has 0 amide bonds. The molecule has 0 aliphatic carbocycles. The molecule has 1 spiro atoms. The summed E-state index contributed by atoms with van der Waals surface area (Å²) in [5, 5.41) is 10.9. The van der Waals surface area contributed by atoms with Gasteiger partial charge in [-0.3, -0.25) is 4.79 Å². The predicted molar refractivity (Wildman–Crippen MR) is 109 cm³/mol. The molecule has 0 radical (unpaired) electrons. The Bertz CT molecular complexity index is 1420. The molecule has 10 aliphatic rings. The molecule has 0 bridgehead atoms. The van der Waals surface area contributed by atoms with E-state index in [4.69, 9.17) is 9.90 Å². The van der Waals surface area contributed by atoms with Crippen molar-refractivity contribution in [1.29, 1.82) is 0 Å². The van der Waals surface area contributed by atoms with Gasteiger partial charge in [-0.2, -0.15) is 0 Å². The Balaban J connectivity index is 0.000000246. The fourth-order valence-electron chi connectivity index (χ4n) is 18.4. The van der Waals surface area contributed by atoms with E-state index < -0.39 is 12.5 Å². The normalized spacial score (nSPS) is 73.5. The average Bonchev–Trinajstić information content (AvgIpc) is 3.63. The molecule has 0 aromatic heterocycles. The summed E-state index contributed by atoms with van der Waals surface area (Å²) in [4.78, 5) is 21.9. The van der Waals surface area contributed by atoms with E-state index in [1.165, 1.54) is 43.3 Å². The van der Waals surface area contributed by atoms with Gasteiger partial charge in [0, 0.05) is 27.3 Å². The molecular weight excluding hydrogens is 514 g/mol. The second-order valence-electron chi connectivity index (χ2n) is 13.2. The van der Waals surface area contributed by atoms with Gasteiger partial charge in [0.25, 0.3) is 5.97 Å². The van der Waals surface area contributed by atoms with Crippen LogP contribution in [0.1, 0.15) is 6.92 Å². The third-order valence-corrected chi connectivity index (χ3v) is 66.3. The molecule has 0 saturated carbocycles. The van der Waals surface area contributed by atoms with E-state index in [-0.39, 0.29) is 28.3 Å². The number of hydrogen-bond donors (Lipinski definition) is 1. The number of aliphatic carboxylic acids is 1. The van der Waals surface area contributed by atoms with Gasteiger partial charge in [0.15, 0.2) is 0 Å². The Morgan fingerprint density at radius 1 is 0.793 bits per heavy atom. The third kappa shape index (κ3) is 0.305. The van der Waals surface area contributed by atoms with Crippen molar-refractivity contribution in [2.45, 2.75) is 54.3 Å². The van der Waals surface area contributed by atoms with Crippen LogP contribution >= 0.6 is 7.92 Å². The van der Waals surface area contributed by atoms with Crippen LogP contribution in [0.25, 0.3) is 0 Å². The molecule has 10 heterocycles. The molecule has 2 aromatic carbocycles. The molecule has 10 saturated heterocycles. The van der Waals surface area contributed by atoms with Crippen LogP contribution in [0.15, 0.2) is 60.7 Å². The first-order valence-corrected chi connectivity index (χ1v) is 18.3. The van der Waals surface area contributed by atoms with Crippen molar-refractivity contribution in [3.05, 3.63) is 60.7 Å². The summed E-state index contributed by atoms with van der Waals surface area (Å²) in [5.41, 5.74) is 0. The molecule has 4 atom stereocenters. The molecule has 154 valence electrons. The number of fused-ring (bicyclic) bond motifs is 10. The molecule has 1 N–H and O–H groups in total. The van der Waals surface area contributed by atoms with E-state index in [2.05, 4.69) is 60.7 Å². The summed E-state index contributed by atoms with van der Waals surface area (Å²) in [6, 6.07) is 23.7. The van der Waals surface area contributed by atoms with Crippen LogP contribution in [0, 0.1) is 0 Å². The third-order valence-electron chi connectivity index (χ3n) is 17.0. The van der Waals surface area contributed by atoms with E-state index in [0.717, 1.165) is 11.0 Å². The number of carbonyl (C=O) groups is 1. The number of carboxylic acids is 1. The molecule has 2 nitrogen and oxygen atoms in total. The van der Waals surface area contributed by atoms with Crippen LogP contribution < -0.4 is 10.6 Å². The van der Waals surface area contributed by atoms with E-state index in [9.17, 15) is 0 Å². The summed E-state index contributed by atoms with van der Waals surface area (Å²) in [5.74, 6) is -0.833. The zero-order chi connectivity index (χ0) is 18.4. The first kappa shape index (κ1) is 15.3. The van der Waals surface area contributed by atoms with Gasteiger partial charge in [-0.05, 0) is 0 Å². The Morgan fingerprint density at radius 3 is 1.38 bits per heavy atom. The number of benzene rings is 2. The Labute approximate surface area is 175 Å². The first-order chi connectivity index (χ1) is 13.4. The van der Waals surface area contributed by atoms with Crippen molar-refractivity contribution in [3.63, 3.8) is 0 Å². The summed E-state index contributed by atoms with van der Waals surface area (Å²) >= 11 is 0. The number of carboxylic acid groups (broad SMARTS) is 1. The summed E-state index contributed by atoms with van der Waals surface area (Å²) < 4.78 is 0.983. The molecule has 2 aromatic rings. The minimum atomic E-state index is -3.05. The van der Waals surface area contributed by atoms with Crippen molar-refractivity contribution in [2.75, 3.05) is 0 Å². The van der Waals surface area contributed by atoms with Crippen LogP contribution in [-0.4, -0.2) is 15.1 Å². The van der Waals surface area contributed by atoms with Gasteiger partial charge >= 0.3 is 133 Å². The average molecular weight is 537 g/mol. The van der Waals surface area contributed by atoms with E-state index in [1.807, 2.05) is 0 Å². The molecule has 10 fully saturated rings. The zero-order valence-corrected chi connectivity index (χ0v) is 19.5. The SMILES string of the molecule is CC(=O)O.[Pd].c1ccc(P(c2ccccc2)[C]23[CH]4[CH]5[CH]6[CH]2[Fe]56432789[CH]3[CH]2[CH]7[CH]8[CH]39)cc1. The Kier molecular flexibility index (Phi) is 1.03. The first-order valence-electron chi connectivity index (χ1n) is 10.7. The fourth-order valence-corrected chi connectivity index (χ4v) is 107.